The molecule has 5 nitrogen and oxygen atoms in total. The molecule has 0 atom stereocenters. The molecule has 0 radical (unpaired) electrons. The first-order valence-corrected chi connectivity index (χ1v) is 12.5. The normalized spacial score (nSPS) is 13.6. The van der Waals surface area contributed by atoms with E-state index in [1.54, 1.807) is 73.7 Å². The molecule has 0 saturated carbocycles. The van der Waals surface area contributed by atoms with Crippen molar-refractivity contribution in [1.29, 1.82) is 0 Å². The van der Waals surface area contributed by atoms with E-state index in [9.17, 15) is 14.4 Å². The molecule has 0 saturated heterocycles. The molecular formula is C25H17Cl2NO4S2. The van der Waals surface area contributed by atoms with Gasteiger partial charge in [0.1, 0.15) is 0 Å². The third kappa shape index (κ3) is 5.18. The third-order valence-corrected chi connectivity index (χ3v) is 7.52. The van der Waals surface area contributed by atoms with Crippen molar-refractivity contribution < 1.29 is 19.1 Å². The second-order valence-corrected chi connectivity index (χ2v) is 9.99. The summed E-state index contributed by atoms with van der Waals surface area (Å²) in [5.74, 6) is -1.64. The highest BCUT2D eigenvalue weighted by Gasteiger charge is 2.42. The molecule has 0 spiro atoms. The number of hydrogen-bond acceptors (Lipinski definition) is 6. The predicted octanol–water partition coefficient (Wildman–Crippen LogP) is 6.84. The lowest BCUT2D eigenvalue weighted by atomic mass is 10.1. The van der Waals surface area contributed by atoms with Gasteiger partial charge in [-0.3, -0.25) is 9.59 Å². The minimum Gasteiger partial charge on any atom is -0.462 e. The van der Waals surface area contributed by atoms with Crippen LogP contribution in [0.5, 0.6) is 0 Å². The van der Waals surface area contributed by atoms with E-state index in [2.05, 4.69) is 0 Å². The zero-order valence-electron chi connectivity index (χ0n) is 17.8. The molecule has 0 aliphatic carbocycles. The maximum atomic E-state index is 13.6. The number of carbonyl (C=O) groups excluding carboxylic acids is 3. The number of imide groups is 1. The Hall–Kier alpha value is -2.71. The zero-order valence-corrected chi connectivity index (χ0v) is 20.9. The number of halogens is 2. The Bertz CT molecular complexity index is 1220. The molecule has 0 N–H and O–H groups in total. The standard InChI is InChI=1S/C25H17Cl2NO4S2/c1-2-32-25(31)19-5-3-4-6-20(19)28-23(29)21(33-17-11-7-15(26)8-12-17)22(24(28)30)34-18-13-9-16(27)10-14-18/h3-14H,2H2,1H3. The lowest BCUT2D eigenvalue weighted by Gasteiger charge is -2.18. The van der Waals surface area contributed by atoms with Crippen LogP contribution in [0.15, 0.2) is 92.4 Å². The predicted molar refractivity (Wildman–Crippen MR) is 137 cm³/mol. The molecule has 0 fully saturated rings. The number of amides is 2. The van der Waals surface area contributed by atoms with Crippen molar-refractivity contribution in [1.82, 2.24) is 0 Å². The highest BCUT2D eigenvalue weighted by atomic mass is 35.5. The van der Waals surface area contributed by atoms with Crippen LogP contribution in [0, 0.1) is 0 Å². The van der Waals surface area contributed by atoms with E-state index < -0.39 is 17.8 Å². The quantitative estimate of drug-likeness (QED) is 0.246. The van der Waals surface area contributed by atoms with Crippen LogP contribution < -0.4 is 4.90 Å². The summed E-state index contributed by atoms with van der Waals surface area (Å²) in [5.41, 5.74) is 0.316. The molecule has 34 heavy (non-hydrogen) atoms. The van der Waals surface area contributed by atoms with Crippen LogP contribution in [0.1, 0.15) is 17.3 Å². The van der Waals surface area contributed by atoms with Gasteiger partial charge in [0.05, 0.1) is 27.7 Å². The number of hydrogen-bond donors (Lipinski definition) is 0. The molecule has 2 amide bonds. The summed E-state index contributed by atoms with van der Waals surface area (Å²) in [7, 11) is 0. The van der Waals surface area contributed by atoms with Gasteiger partial charge >= 0.3 is 5.97 Å². The molecule has 0 aromatic heterocycles. The number of nitrogens with zero attached hydrogens (tertiary/aromatic N) is 1. The monoisotopic (exact) mass is 529 g/mol. The largest absolute Gasteiger partial charge is 0.462 e. The van der Waals surface area contributed by atoms with Gasteiger partial charge in [-0.05, 0) is 67.6 Å². The van der Waals surface area contributed by atoms with Gasteiger partial charge in [-0.1, -0.05) is 58.9 Å². The second kappa shape index (κ2) is 10.7. The first-order chi connectivity index (χ1) is 16.4. The van der Waals surface area contributed by atoms with E-state index in [0.29, 0.717) is 10.0 Å². The summed E-state index contributed by atoms with van der Waals surface area (Å²) in [4.78, 5) is 42.7. The summed E-state index contributed by atoms with van der Waals surface area (Å²) in [6.45, 7) is 1.86. The number of benzene rings is 3. The number of esters is 1. The van der Waals surface area contributed by atoms with Gasteiger partial charge in [0.15, 0.2) is 0 Å². The molecule has 9 heteroatoms. The van der Waals surface area contributed by atoms with Crippen molar-refractivity contribution >= 4 is 70.2 Å². The molecule has 1 aliphatic rings. The van der Waals surface area contributed by atoms with Crippen molar-refractivity contribution in [3.63, 3.8) is 0 Å². The summed E-state index contributed by atoms with van der Waals surface area (Å²) < 4.78 is 5.13. The number of para-hydroxylation sites is 1. The summed E-state index contributed by atoms with van der Waals surface area (Å²) in [6, 6.07) is 20.4. The maximum absolute atomic E-state index is 13.6. The SMILES string of the molecule is CCOC(=O)c1ccccc1N1C(=O)C(Sc2ccc(Cl)cc2)=C(Sc2ccc(Cl)cc2)C1=O. The van der Waals surface area contributed by atoms with E-state index >= 15 is 0 Å². The molecule has 4 rings (SSSR count). The van der Waals surface area contributed by atoms with Crippen molar-refractivity contribution in [2.24, 2.45) is 0 Å². The van der Waals surface area contributed by atoms with E-state index in [0.717, 1.165) is 14.7 Å². The van der Waals surface area contributed by atoms with Crippen LogP contribution in [-0.2, 0) is 14.3 Å². The summed E-state index contributed by atoms with van der Waals surface area (Å²) in [5, 5.41) is 1.13. The fourth-order valence-corrected chi connectivity index (χ4v) is 5.41. The van der Waals surface area contributed by atoms with Crippen LogP contribution >= 0.6 is 46.7 Å². The fourth-order valence-electron chi connectivity index (χ4n) is 3.18. The van der Waals surface area contributed by atoms with Gasteiger partial charge in [-0.2, -0.15) is 0 Å². The minimum absolute atomic E-state index is 0.139. The van der Waals surface area contributed by atoms with Crippen molar-refractivity contribution in [3.05, 3.63) is 98.2 Å². The van der Waals surface area contributed by atoms with Gasteiger partial charge in [0.25, 0.3) is 11.8 Å². The smallest absolute Gasteiger partial charge is 0.340 e. The Balaban J connectivity index is 1.76. The van der Waals surface area contributed by atoms with Crippen molar-refractivity contribution in [2.45, 2.75) is 16.7 Å². The van der Waals surface area contributed by atoms with Crippen LogP contribution in [-0.4, -0.2) is 24.4 Å². The molecule has 0 unspecified atom stereocenters. The Morgan fingerprint density at radius 2 is 1.26 bits per heavy atom. The van der Waals surface area contributed by atoms with Gasteiger partial charge < -0.3 is 4.74 Å². The van der Waals surface area contributed by atoms with Crippen LogP contribution in [0.4, 0.5) is 5.69 Å². The highest BCUT2D eigenvalue weighted by Crippen LogP contribution is 2.44. The number of carbonyl (C=O) groups is 3. The van der Waals surface area contributed by atoms with Gasteiger partial charge in [0.2, 0.25) is 0 Å². The second-order valence-electron chi connectivity index (χ2n) is 6.95. The fraction of sp³-hybridized carbons (Fsp3) is 0.0800. The molecule has 1 heterocycles. The van der Waals surface area contributed by atoms with Crippen LogP contribution in [0.25, 0.3) is 0 Å². The van der Waals surface area contributed by atoms with Gasteiger partial charge in [-0.25, -0.2) is 9.69 Å². The number of rotatable bonds is 7. The minimum atomic E-state index is -0.607. The Kier molecular flexibility index (Phi) is 7.68. The number of thioether (sulfide) groups is 2. The van der Waals surface area contributed by atoms with Crippen molar-refractivity contribution in [3.8, 4) is 0 Å². The Morgan fingerprint density at radius 1 is 0.794 bits per heavy atom. The summed E-state index contributed by atoms with van der Waals surface area (Å²) in [6.07, 6.45) is 0. The topological polar surface area (TPSA) is 63.7 Å². The molecule has 3 aromatic carbocycles. The first-order valence-electron chi connectivity index (χ1n) is 10.1. The maximum Gasteiger partial charge on any atom is 0.340 e. The first kappa shape index (κ1) is 24.4. The van der Waals surface area contributed by atoms with Gasteiger partial charge in [-0.15, -0.1) is 0 Å². The van der Waals surface area contributed by atoms with Crippen molar-refractivity contribution in [2.75, 3.05) is 11.5 Å². The van der Waals surface area contributed by atoms with Gasteiger partial charge in [0, 0.05) is 19.8 Å². The highest BCUT2D eigenvalue weighted by molar-refractivity contribution is 8.08. The van der Waals surface area contributed by atoms with E-state index in [4.69, 9.17) is 27.9 Å². The van der Waals surface area contributed by atoms with Crippen LogP contribution in [0.3, 0.4) is 0 Å². The number of ether oxygens (including phenoxy) is 1. The molecular weight excluding hydrogens is 513 g/mol. The average molecular weight is 530 g/mol. The average Bonchev–Trinajstić information content (AvgIpc) is 3.06. The van der Waals surface area contributed by atoms with Crippen LogP contribution in [0.2, 0.25) is 10.0 Å². The summed E-state index contributed by atoms with van der Waals surface area (Å²) >= 11 is 14.3. The number of anilines is 1. The Labute approximate surface area is 215 Å². The zero-order chi connectivity index (χ0) is 24.2. The Morgan fingerprint density at radius 3 is 1.74 bits per heavy atom. The lowest BCUT2D eigenvalue weighted by molar-refractivity contribution is -0.120. The van der Waals surface area contributed by atoms with E-state index in [-0.39, 0.29) is 27.7 Å². The third-order valence-electron chi connectivity index (χ3n) is 4.71. The molecule has 1 aliphatic heterocycles. The molecule has 0 bridgehead atoms. The van der Waals surface area contributed by atoms with E-state index in [1.807, 2.05) is 0 Å². The van der Waals surface area contributed by atoms with E-state index in [1.165, 1.54) is 29.6 Å². The molecule has 3 aromatic rings. The lowest BCUT2D eigenvalue weighted by Crippen LogP contribution is -2.32. The molecule has 172 valence electrons.